The monoisotopic (exact) mass is 359 g/mol. The summed E-state index contributed by atoms with van der Waals surface area (Å²) in [6.07, 6.45) is 2.36. The van der Waals surface area contributed by atoms with E-state index in [0.29, 0.717) is 23.6 Å². The van der Waals surface area contributed by atoms with Crippen molar-refractivity contribution in [1.29, 1.82) is 0 Å². The van der Waals surface area contributed by atoms with Gasteiger partial charge in [-0.25, -0.2) is 0 Å². The minimum Gasteiger partial charge on any atom is -0.354 e. The first kappa shape index (κ1) is 18.9. The van der Waals surface area contributed by atoms with Crippen LogP contribution in [-0.2, 0) is 11.2 Å². The summed E-state index contributed by atoms with van der Waals surface area (Å²) in [6.45, 7) is 4.26. The molecule has 0 saturated heterocycles. The quantitative estimate of drug-likeness (QED) is 0.798. The van der Waals surface area contributed by atoms with Gasteiger partial charge < -0.3 is 10.6 Å². The van der Waals surface area contributed by atoms with Gasteiger partial charge >= 0.3 is 0 Å². The number of nitrogens with one attached hydrogen (secondary N) is 2. The Hall–Kier alpha value is -2.40. The third-order valence-electron chi connectivity index (χ3n) is 3.75. The maximum atomic E-state index is 12.4. The molecule has 0 unspecified atom stereocenters. The normalized spacial score (nSPS) is 11.8. The molecular weight excluding hydrogens is 338 g/mol. The van der Waals surface area contributed by atoms with Crippen LogP contribution in [-0.4, -0.2) is 29.4 Å². The summed E-state index contributed by atoms with van der Waals surface area (Å²) in [7, 11) is 0. The van der Waals surface area contributed by atoms with Crippen molar-refractivity contribution in [3.8, 4) is 0 Å². The lowest BCUT2D eigenvalue weighted by Crippen LogP contribution is -2.50. The molecular formula is C19H22ClN3O2. The highest BCUT2D eigenvalue weighted by Gasteiger charge is 2.24. The fourth-order valence-electron chi connectivity index (χ4n) is 2.33. The fourth-order valence-corrected chi connectivity index (χ4v) is 2.46. The Balaban J connectivity index is 1.91. The van der Waals surface area contributed by atoms with E-state index in [2.05, 4.69) is 15.6 Å². The second-order valence-electron chi connectivity index (χ2n) is 6.06. The molecule has 25 heavy (non-hydrogen) atoms. The molecule has 5 nitrogen and oxygen atoms in total. The molecule has 6 heteroatoms. The molecule has 0 radical (unpaired) electrons. The topological polar surface area (TPSA) is 71.1 Å². The summed E-state index contributed by atoms with van der Waals surface area (Å²) in [5.74, 6) is -0.533. The van der Waals surface area contributed by atoms with Gasteiger partial charge in [0.2, 0.25) is 5.91 Å². The first-order valence-corrected chi connectivity index (χ1v) is 8.59. The van der Waals surface area contributed by atoms with Crippen LogP contribution in [0.1, 0.15) is 29.9 Å². The van der Waals surface area contributed by atoms with E-state index in [-0.39, 0.29) is 17.7 Å². The van der Waals surface area contributed by atoms with Gasteiger partial charge in [-0.2, -0.15) is 0 Å². The van der Waals surface area contributed by atoms with Crippen LogP contribution in [0.5, 0.6) is 0 Å². The average molecular weight is 360 g/mol. The van der Waals surface area contributed by atoms with Crippen molar-refractivity contribution in [3.05, 3.63) is 64.9 Å². The molecule has 2 amide bonds. The third kappa shape index (κ3) is 5.87. The molecule has 0 saturated carbocycles. The second-order valence-corrected chi connectivity index (χ2v) is 6.50. The number of halogens is 1. The molecule has 1 aromatic heterocycles. The minimum absolute atomic E-state index is 0.0360. The Morgan fingerprint density at radius 1 is 1.12 bits per heavy atom. The van der Waals surface area contributed by atoms with Crippen LogP contribution in [0.15, 0.2) is 48.7 Å². The maximum Gasteiger partial charge on any atom is 0.251 e. The van der Waals surface area contributed by atoms with Crippen molar-refractivity contribution in [1.82, 2.24) is 15.6 Å². The summed E-state index contributed by atoms with van der Waals surface area (Å²) in [5, 5.41) is 6.21. The second kappa shape index (κ2) is 9.18. The molecule has 0 spiro atoms. The molecule has 1 aromatic carbocycles. The SMILES string of the molecule is CC(C)[C@H](NC(=O)c1ccc(Cl)cc1)C(=O)NCCc1ccccn1. The van der Waals surface area contributed by atoms with Gasteiger partial charge in [0.15, 0.2) is 0 Å². The van der Waals surface area contributed by atoms with Gasteiger partial charge in [-0.05, 0) is 42.3 Å². The zero-order chi connectivity index (χ0) is 18.2. The summed E-state index contributed by atoms with van der Waals surface area (Å²) < 4.78 is 0. The Labute approximate surface area is 152 Å². The number of carbonyl (C=O) groups excluding carboxylic acids is 2. The predicted molar refractivity (Wildman–Crippen MR) is 98.5 cm³/mol. The highest BCUT2D eigenvalue weighted by atomic mass is 35.5. The Bertz CT molecular complexity index is 702. The number of amides is 2. The Morgan fingerprint density at radius 2 is 1.84 bits per heavy atom. The molecule has 2 rings (SSSR count). The highest BCUT2D eigenvalue weighted by Crippen LogP contribution is 2.10. The summed E-state index contributed by atoms with van der Waals surface area (Å²) in [6, 6.07) is 11.6. The van der Waals surface area contributed by atoms with E-state index in [1.165, 1.54) is 0 Å². The molecule has 0 aliphatic heterocycles. The van der Waals surface area contributed by atoms with Crippen molar-refractivity contribution in [2.75, 3.05) is 6.54 Å². The van der Waals surface area contributed by atoms with Crippen molar-refractivity contribution in [2.45, 2.75) is 26.3 Å². The lowest BCUT2D eigenvalue weighted by atomic mass is 10.0. The third-order valence-corrected chi connectivity index (χ3v) is 4.00. The maximum absolute atomic E-state index is 12.4. The predicted octanol–water partition coefficient (Wildman–Crippen LogP) is 2.85. The van der Waals surface area contributed by atoms with E-state index in [4.69, 9.17) is 11.6 Å². The van der Waals surface area contributed by atoms with Crippen LogP contribution < -0.4 is 10.6 Å². The number of carbonyl (C=O) groups is 2. The van der Waals surface area contributed by atoms with Gasteiger partial charge in [-0.3, -0.25) is 14.6 Å². The van der Waals surface area contributed by atoms with E-state index in [1.807, 2.05) is 32.0 Å². The average Bonchev–Trinajstić information content (AvgIpc) is 2.60. The number of rotatable bonds is 7. The van der Waals surface area contributed by atoms with Crippen molar-refractivity contribution >= 4 is 23.4 Å². The van der Waals surface area contributed by atoms with Gasteiger partial charge in [0.05, 0.1) is 0 Å². The molecule has 2 aromatic rings. The lowest BCUT2D eigenvalue weighted by Gasteiger charge is -2.21. The summed E-state index contributed by atoms with van der Waals surface area (Å²) in [4.78, 5) is 29.0. The minimum atomic E-state index is -0.605. The molecule has 0 fully saturated rings. The van der Waals surface area contributed by atoms with Crippen LogP contribution in [0.3, 0.4) is 0 Å². The van der Waals surface area contributed by atoms with Crippen LogP contribution in [0.4, 0.5) is 0 Å². The smallest absolute Gasteiger partial charge is 0.251 e. The van der Waals surface area contributed by atoms with Gasteiger partial charge in [0.1, 0.15) is 6.04 Å². The molecule has 0 aliphatic carbocycles. The zero-order valence-electron chi connectivity index (χ0n) is 14.3. The summed E-state index contributed by atoms with van der Waals surface area (Å²) in [5.41, 5.74) is 1.38. The lowest BCUT2D eigenvalue weighted by molar-refractivity contribution is -0.123. The zero-order valence-corrected chi connectivity index (χ0v) is 15.1. The van der Waals surface area contributed by atoms with E-state index in [1.54, 1.807) is 30.5 Å². The highest BCUT2D eigenvalue weighted by molar-refractivity contribution is 6.30. The van der Waals surface area contributed by atoms with Crippen LogP contribution >= 0.6 is 11.6 Å². The van der Waals surface area contributed by atoms with E-state index in [9.17, 15) is 9.59 Å². The number of aromatic nitrogens is 1. The number of benzene rings is 1. The molecule has 1 heterocycles. The first-order chi connectivity index (χ1) is 12.0. The van der Waals surface area contributed by atoms with E-state index in [0.717, 1.165) is 5.69 Å². The van der Waals surface area contributed by atoms with Gasteiger partial charge in [-0.1, -0.05) is 31.5 Å². The van der Waals surface area contributed by atoms with Gasteiger partial charge in [0.25, 0.3) is 5.91 Å². The van der Waals surface area contributed by atoms with E-state index < -0.39 is 6.04 Å². The van der Waals surface area contributed by atoms with Crippen molar-refractivity contribution < 1.29 is 9.59 Å². The number of hydrogen-bond acceptors (Lipinski definition) is 3. The standard InChI is InChI=1S/C19H22ClN3O2/c1-13(2)17(23-18(24)14-6-8-15(20)9-7-14)19(25)22-12-10-16-5-3-4-11-21-16/h3-9,11,13,17H,10,12H2,1-2H3,(H,22,25)(H,23,24)/t17-/m0/s1. The number of hydrogen-bond donors (Lipinski definition) is 2. The molecule has 1 atom stereocenters. The van der Waals surface area contributed by atoms with Gasteiger partial charge in [0, 0.05) is 35.4 Å². The molecule has 132 valence electrons. The fraction of sp³-hybridized carbons (Fsp3) is 0.316. The number of pyridine rings is 1. The van der Waals surface area contributed by atoms with Crippen LogP contribution in [0.25, 0.3) is 0 Å². The first-order valence-electron chi connectivity index (χ1n) is 8.21. The molecule has 0 aliphatic rings. The van der Waals surface area contributed by atoms with Crippen molar-refractivity contribution in [3.63, 3.8) is 0 Å². The largest absolute Gasteiger partial charge is 0.354 e. The number of nitrogens with zero attached hydrogens (tertiary/aromatic N) is 1. The van der Waals surface area contributed by atoms with E-state index >= 15 is 0 Å². The van der Waals surface area contributed by atoms with Crippen molar-refractivity contribution in [2.24, 2.45) is 5.92 Å². The molecule has 0 bridgehead atoms. The summed E-state index contributed by atoms with van der Waals surface area (Å²) >= 11 is 5.83. The van der Waals surface area contributed by atoms with Crippen LogP contribution in [0, 0.1) is 5.92 Å². The molecule has 2 N–H and O–H groups in total. The van der Waals surface area contributed by atoms with Crippen LogP contribution in [0.2, 0.25) is 5.02 Å². The Morgan fingerprint density at radius 3 is 2.44 bits per heavy atom. The Kier molecular flexibility index (Phi) is 6.95. The van der Waals surface area contributed by atoms with Gasteiger partial charge in [-0.15, -0.1) is 0 Å².